The fourth-order valence-corrected chi connectivity index (χ4v) is 2.28. The van der Waals surface area contributed by atoms with Crippen LogP contribution in [0.5, 0.6) is 0 Å². The molecule has 0 saturated heterocycles. The molecule has 0 radical (unpaired) electrons. The monoisotopic (exact) mass is 243 g/mol. The molecular formula is C12H21NO4. The van der Waals surface area contributed by atoms with Crippen molar-refractivity contribution in [1.29, 1.82) is 0 Å². The number of aliphatic hydroxyl groups excluding tert-OH is 1. The van der Waals surface area contributed by atoms with Gasteiger partial charge in [0, 0.05) is 0 Å². The molecule has 0 bridgehead atoms. The van der Waals surface area contributed by atoms with Crippen LogP contribution in [0.15, 0.2) is 0 Å². The number of carbonyl (C=O) groups excluding carboxylic acids is 1. The maximum absolute atomic E-state index is 11.9. The van der Waals surface area contributed by atoms with Crippen LogP contribution in [0.3, 0.4) is 0 Å². The molecule has 0 aromatic rings. The summed E-state index contributed by atoms with van der Waals surface area (Å²) in [6.45, 7) is 7.22. The van der Waals surface area contributed by atoms with Crippen LogP contribution in [0.1, 0.15) is 27.7 Å². The van der Waals surface area contributed by atoms with Crippen LogP contribution in [0.2, 0.25) is 0 Å². The Hall–Kier alpha value is -1.10. The third-order valence-electron chi connectivity index (χ3n) is 3.70. The van der Waals surface area contributed by atoms with E-state index in [2.05, 4.69) is 5.32 Å². The summed E-state index contributed by atoms with van der Waals surface area (Å²) in [5.74, 6) is -2.19. The molecule has 0 heterocycles. The molecule has 17 heavy (non-hydrogen) atoms. The zero-order chi connectivity index (χ0) is 13.4. The van der Waals surface area contributed by atoms with Crippen LogP contribution in [-0.4, -0.2) is 34.7 Å². The van der Waals surface area contributed by atoms with Gasteiger partial charge in [0.2, 0.25) is 5.91 Å². The average Bonchev–Trinajstić information content (AvgIpc) is 2.77. The number of rotatable bonds is 5. The Morgan fingerprint density at radius 1 is 1.29 bits per heavy atom. The largest absolute Gasteiger partial charge is 0.481 e. The van der Waals surface area contributed by atoms with E-state index in [1.807, 2.05) is 13.8 Å². The fraction of sp³-hybridized carbons (Fsp3) is 0.833. The predicted molar refractivity (Wildman–Crippen MR) is 62.3 cm³/mol. The van der Waals surface area contributed by atoms with E-state index in [9.17, 15) is 9.59 Å². The number of amides is 1. The van der Waals surface area contributed by atoms with Crippen LogP contribution in [0.25, 0.3) is 0 Å². The molecule has 1 fully saturated rings. The van der Waals surface area contributed by atoms with E-state index >= 15 is 0 Å². The summed E-state index contributed by atoms with van der Waals surface area (Å²) in [6.07, 6.45) is 0. The summed E-state index contributed by atoms with van der Waals surface area (Å²) in [5.41, 5.74) is -0.493. The van der Waals surface area contributed by atoms with Crippen molar-refractivity contribution in [1.82, 2.24) is 5.32 Å². The van der Waals surface area contributed by atoms with Gasteiger partial charge in [-0.2, -0.15) is 0 Å². The number of carboxylic acid groups (broad SMARTS) is 1. The number of hydrogen-bond acceptors (Lipinski definition) is 3. The second-order valence-corrected chi connectivity index (χ2v) is 5.66. The van der Waals surface area contributed by atoms with Crippen molar-refractivity contribution in [3.05, 3.63) is 0 Å². The molecule has 0 aromatic heterocycles. The standard InChI is InChI=1S/C12H21NO4/c1-6(2)7(5-14)13-10(15)8-9(11(16)17)12(8,3)4/h6-9,14H,5H2,1-4H3,(H,13,15)(H,16,17). The van der Waals surface area contributed by atoms with Crippen LogP contribution in [-0.2, 0) is 9.59 Å². The maximum Gasteiger partial charge on any atom is 0.307 e. The van der Waals surface area contributed by atoms with E-state index in [0.29, 0.717) is 0 Å². The summed E-state index contributed by atoms with van der Waals surface area (Å²) >= 11 is 0. The Balaban J connectivity index is 2.64. The molecule has 1 amide bonds. The van der Waals surface area contributed by atoms with Crippen LogP contribution in [0.4, 0.5) is 0 Å². The zero-order valence-corrected chi connectivity index (χ0v) is 10.7. The molecule has 1 rings (SSSR count). The molecule has 1 aliphatic carbocycles. The Labute approximate surface area is 101 Å². The highest BCUT2D eigenvalue weighted by molar-refractivity contribution is 5.91. The van der Waals surface area contributed by atoms with Crippen molar-refractivity contribution in [2.45, 2.75) is 33.7 Å². The molecular weight excluding hydrogens is 222 g/mol. The Morgan fingerprint density at radius 2 is 1.82 bits per heavy atom. The minimum atomic E-state index is -0.930. The van der Waals surface area contributed by atoms with Gasteiger partial charge in [-0.3, -0.25) is 9.59 Å². The molecule has 1 saturated carbocycles. The Kier molecular flexibility index (Phi) is 3.81. The smallest absolute Gasteiger partial charge is 0.307 e. The molecule has 3 unspecified atom stereocenters. The summed E-state index contributed by atoms with van der Waals surface area (Å²) in [6, 6.07) is -0.312. The van der Waals surface area contributed by atoms with Crippen LogP contribution < -0.4 is 5.32 Å². The lowest BCUT2D eigenvalue weighted by atomic mass is 10.0. The molecule has 3 N–H and O–H groups in total. The number of aliphatic hydroxyl groups is 1. The SMILES string of the molecule is CC(C)C(CO)NC(=O)C1C(C(=O)O)C1(C)C. The molecule has 0 aromatic carbocycles. The lowest BCUT2D eigenvalue weighted by molar-refractivity contribution is -0.140. The topological polar surface area (TPSA) is 86.6 Å². The number of carboxylic acids is 1. The minimum absolute atomic E-state index is 0.120. The van der Waals surface area contributed by atoms with E-state index in [0.717, 1.165) is 0 Å². The highest BCUT2D eigenvalue weighted by Crippen LogP contribution is 2.58. The molecule has 5 nitrogen and oxygen atoms in total. The molecule has 0 aliphatic heterocycles. The lowest BCUT2D eigenvalue weighted by Crippen LogP contribution is -2.42. The van der Waals surface area contributed by atoms with Crippen molar-refractivity contribution in [3.63, 3.8) is 0 Å². The first-order valence-corrected chi connectivity index (χ1v) is 5.87. The first kappa shape index (κ1) is 14.0. The van der Waals surface area contributed by atoms with E-state index in [1.165, 1.54) is 0 Å². The van der Waals surface area contributed by atoms with Gasteiger partial charge >= 0.3 is 5.97 Å². The van der Waals surface area contributed by atoms with Crippen molar-refractivity contribution < 1.29 is 19.8 Å². The molecule has 5 heteroatoms. The molecule has 0 spiro atoms. The Bertz CT molecular complexity index is 324. The van der Waals surface area contributed by atoms with Gasteiger partial charge in [0.05, 0.1) is 24.5 Å². The molecule has 3 atom stereocenters. The molecule has 1 aliphatic rings. The van der Waals surface area contributed by atoms with E-state index in [1.54, 1.807) is 13.8 Å². The quantitative estimate of drug-likeness (QED) is 0.655. The van der Waals surface area contributed by atoms with Crippen molar-refractivity contribution in [2.24, 2.45) is 23.2 Å². The first-order valence-electron chi connectivity index (χ1n) is 5.87. The van der Waals surface area contributed by atoms with Gasteiger partial charge < -0.3 is 15.5 Å². The number of nitrogens with one attached hydrogen (secondary N) is 1. The number of aliphatic carboxylic acids is 1. The third kappa shape index (κ3) is 2.60. The second kappa shape index (κ2) is 4.64. The second-order valence-electron chi connectivity index (χ2n) is 5.66. The maximum atomic E-state index is 11.9. The van der Waals surface area contributed by atoms with Gasteiger partial charge in [-0.05, 0) is 11.3 Å². The summed E-state index contributed by atoms with van der Waals surface area (Å²) in [7, 11) is 0. The minimum Gasteiger partial charge on any atom is -0.481 e. The van der Waals surface area contributed by atoms with Crippen molar-refractivity contribution in [2.75, 3.05) is 6.61 Å². The Morgan fingerprint density at radius 3 is 2.12 bits per heavy atom. The number of hydrogen-bond donors (Lipinski definition) is 3. The van der Waals surface area contributed by atoms with Crippen LogP contribution in [0, 0.1) is 23.2 Å². The number of carbonyl (C=O) groups is 2. The van der Waals surface area contributed by atoms with E-state index < -0.39 is 23.2 Å². The normalized spacial score (nSPS) is 27.6. The zero-order valence-electron chi connectivity index (χ0n) is 10.7. The summed E-state index contributed by atoms with van der Waals surface area (Å²) < 4.78 is 0. The van der Waals surface area contributed by atoms with Crippen molar-refractivity contribution >= 4 is 11.9 Å². The lowest BCUT2D eigenvalue weighted by Gasteiger charge is -2.20. The summed E-state index contributed by atoms with van der Waals surface area (Å²) in [4.78, 5) is 22.9. The first-order chi connectivity index (χ1) is 7.73. The highest BCUT2D eigenvalue weighted by atomic mass is 16.4. The molecule has 98 valence electrons. The predicted octanol–water partition coefficient (Wildman–Crippen LogP) is 0.476. The average molecular weight is 243 g/mol. The van der Waals surface area contributed by atoms with Crippen LogP contribution >= 0.6 is 0 Å². The highest BCUT2D eigenvalue weighted by Gasteiger charge is 2.65. The third-order valence-corrected chi connectivity index (χ3v) is 3.70. The fourth-order valence-electron chi connectivity index (χ4n) is 2.28. The van der Waals surface area contributed by atoms with Gasteiger partial charge in [0.15, 0.2) is 0 Å². The van der Waals surface area contributed by atoms with Gasteiger partial charge in [0.1, 0.15) is 0 Å². The van der Waals surface area contributed by atoms with E-state index in [-0.39, 0.29) is 24.5 Å². The van der Waals surface area contributed by atoms with Gasteiger partial charge in [-0.25, -0.2) is 0 Å². The van der Waals surface area contributed by atoms with Gasteiger partial charge in [-0.1, -0.05) is 27.7 Å². The van der Waals surface area contributed by atoms with Gasteiger partial charge in [-0.15, -0.1) is 0 Å². The van der Waals surface area contributed by atoms with Gasteiger partial charge in [0.25, 0.3) is 0 Å². The van der Waals surface area contributed by atoms with Crippen molar-refractivity contribution in [3.8, 4) is 0 Å². The summed E-state index contributed by atoms with van der Waals surface area (Å²) in [5, 5.41) is 20.8. The van der Waals surface area contributed by atoms with E-state index in [4.69, 9.17) is 10.2 Å².